The molecule has 1 saturated heterocycles. The molecule has 2 atom stereocenters. The molecule has 0 aromatic heterocycles. The number of hydrogen-bond donors (Lipinski definition) is 1. The fraction of sp³-hybridized carbons (Fsp3) is 1.00. The molecule has 1 nitrogen and oxygen atoms in total. The van der Waals surface area contributed by atoms with Gasteiger partial charge >= 0.3 is 0 Å². The van der Waals surface area contributed by atoms with Gasteiger partial charge in [-0.1, -0.05) is 0 Å². The van der Waals surface area contributed by atoms with Crippen molar-refractivity contribution >= 4 is 11.8 Å². The highest BCUT2D eigenvalue weighted by molar-refractivity contribution is 8.00. The maximum Gasteiger partial charge on any atom is 0.0630 e. The first-order chi connectivity index (χ1) is 3.80. The summed E-state index contributed by atoms with van der Waals surface area (Å²) < 4.78 is 0. The molecular weight excluding hydrogens is 120 g/mol. The van der Waals surface area contributed by atoms with Gasteiger partial charge in [0.05, 0.1) is 6.10 Å². The first-order valence-electron chi connectivity index (χ1n) is 3.10. The molecular formula is C6H12OS. The Kier molecular flexibility index (Phi) is 2.20. The van der Waals surface area contributed by atoms with Gasteiger partial charge in [-0.25, -0.2) is 0 Å². The lowest BCUT2D eigenvalue weighted by Crippen LogP contribution is -2.15. The van der Waals surface area contributed by atoms with Crippen LogP contribution in [0.2, 0.25) is 0 Å². The summed E-state index contributed by atoms with van der Waals surface area (Å²) >= 11 is 1.90. The average molecular weight is 132 g/mol. The van der Waals surface area contributed by atoms with Crippen molar-refractivity contribution in [3.63, 3.8) is 0 Å². The Labute approximate surface area is 54.5 Å². The van der Waals surface area contributed by atoms with Crippen LogP contribution in [0.15, 0.2) is 0 Å². The van der Waals surface area contributed by atoms with Gasteiger partial charge in [0.15, 0.2) is 0 Å². The van der Waals surface area contributed by atoms with Gasteiger partial charge < -0.3 is 5.11 Å². The molecule has 1 unspecified atom stereocenters. The monoisotopic (exact) mass is 132 g/mol. The highest BCUT2D eigenvalue weighted by atomic mass is 32.2. The standard InChI is InChI=1S/C6H12OS/c1-5(7)6-3-2-4-8-6/h5-7H,2-4H2,1H3/t5-,6?/m0/s1. The van der Waals surface area contributed by atoms with E-state index in [1.807, 2.05) is 18.7 Å². The molecule has 0 aromatic carbocycles. The summed E-state index contributed by atoms with van der Waals surface area (Å²) in [5, 5.41) is 9.57. The molecule has 1 fully saturated rings. The van der Waals surface area contributed by atoms with Crippen molar-refractivity contribution < 1.29 is 5.11 Å². The van der Waals surface area contributed by atoms with Gasteiger partial charge in [-0.05, 0) is 25.5 Å². The van der Waals surface area contributed by atoms with Gasteiger partial charge in [0, 0.05) is 5.25 Å². The van der Waals surface area contributed by atoms with Crippen LogP contribution in [0.4, 0.5) is 0 Å². The Morgan fingerprint density at radius 3 is 2.75 bits per heavy atom. The van der Waals surface area contributed by atoms with Crippen molar-refractivity contribution in [2.24, 2.45) is 0 Å². The van der Waals surface area contributed by atoms with E-state index in [0.29, 0.717) is 5.25 Å². The highest BCUT2D eigenvalue weighted by Crippen LogP contribution is 2.28. The molecule has 0 spiro atoms. The molecule has 1 N–H and O–H groups in total. The van der Waals surface area contributed by atoms with E-state index in [-0.39, 0.29) is 6.10 Å². The number of aliphatic hydroxyl groups is 1. The van der Waals surface area contributed by atoms with Crippen molar-refractivity contribution in [2.75, 3.05) is 5.75 Å². The topological polar surface area (TPSA) is 20.2 Å². The third kappa shape index (κ3) is 1.39. The molecule has 0 saturated carbocycles. The summed E-state index contributed by atoms with van der Waals surface area (Å²) in [4.78, 5) is 0. The Balaban J connectivity index is 2.24. The fourth-order valence-corrected chi connectivity index (χ4v) is 2.23. The minimum atomic E-state index is -0.0949. The summed E-state index contributed by atoms with van der Waals surface area (Å²) in [6, 6.07) is 0. The summed E-state index contributed by atoms with van der Waals surface area (Å²) in [6.45, 7) is 1.88. The molecule has 1 aliphatic rings. The van der Waals surface area contributed by atoms with Crippen molar-refractivity contribution in [2.45, 2.75) is 31.1 Å². The van der Waals surface area contributed by atoms with Gasteiger partial charge in [0.1, 0.15) is 0 Å². The van der Waals surface area contributed by atoms with E-state index in [2.05, 4.69) is 0 Å². The maximum atomic E-state index is 9.03. The zero-order valence-corrected chi connectivity index (χ0v) is 5.95. The molecule has 0 amide bonds. The summed E-state index contributed by atoms with van der Waals surface area (Å²) in [5.41, 5.74) is 0. The molecule has 0 aliphatic carbocycles. The van der Waals surface area contributed by atoms with Crippen LogP contribution in [-0.4, -0.2) is 22.2 Å². The SMILES string of the molecule is C[C@H](O)C1CCCS1. The Morgan fingerprint density at radius 2 is 2.50 bits per heavy atom. The van der Waals surface area contributed by atoms with Crippen LogP contribution in [0, 0.1) is 0 Å². The first kappa shape index (κ1) is 6.43. The van der Waals surface area contributed by atoms with E-state index >= 15 is 0 Å². The van der Waals surface area contributed by atoms with Gasteiger partial charge in [-0.3, -0.25) is 0 Å². The van der Waals surface area contributed by atoms with Crippen molar-refractivity contribution in [1.82, 2.24) is 0 Å². The lowest BCUT2D eigenvalue weighted by Gasteiger charge is -2.09. The predicted octanol–water partition coefficient (Wildman–Crippen LogP) is 1.26. The van der Waals surface area contributed by atoms with Crippen LogP contribution in [0.5, 0.6) is 0 Å². The van der Waals surface area contributed by atoms with Crippen molar-refractivity contribution in [1.29, 1.82) is 0 Å². The second kappa shape index (κ2) is 2.74. The molecule has 1 aliphatic heterocycles. The van der Waals surface area contributed by atoms with Gasteiger partial charge in [-0.2, -0.15) is 11.8 Å². The molecule has 0 bridgehead atoms. The third-order valence-corrected chi connectivity index (χ3v) is 3.09. The van der Waals surface area contributed by atoms with Gasteiger partial charge in [0.25, 0.3) is 0 Å². The number of thioether (sulfide) groups is 1. The largest absolute Gasteiger partial charge is 0.392 e. The Hall–Kier alpha value is 0.310. The van der Waals surface area contributed by atoms with Crippen LogP contribution < -0.4 is 0 Å². The van der Waals surface area contributed by atoms with E-state index in [9.17, 15) is 0 Å². The van der Waals surface area contributed by atoms with Gasteiger partial charge in [0.2, 0.25) is 0 Å². The average Bonchev–Trinajstić information content (AvgIpc) is 2.12. The molecule has 0 radical (unpaired) electrons. The van der Waals surface area contributed by atoms with Crippen LogP contribution in [0.25, 0.3) is 0 Å². The quantitative estimate of drug-likeness (QED) is 0.579. The van der Waals surface area contributed by atoms with Crippen molar-refractivity contribution in [3.8, 4) is 0 Å². The second-order valence-electron chi connectivity index (χ2n) is 2.29. The summed E-state index contributed by atoms with van der Waals surface area (Å²) in [6.07, 6.45) is 2.41. The molecule has 48 valence electrons. The second-order valence-corrected chi connectivity index (χ2v) is 3.64. The molecule has 1 rings (SSSR count). The van der Waals surface area contributed by atoms with Crippen LogP contribution in [0.1, 0.15) is 19.8 Å². The minimum Gasteiger partial charge on any atom is -0.392 e. The van der Waals surface area contributed by atoms with Gasteiger partial charge in [-0.15, -0.1) is 0 Å². The molecule has 8 heavy (non-hydrogen) atoms. The van der Waals surface area contributed by atoms with E-state index in [0.717, 1.165) is 0 Å². The van der Waals surface area contributed by atoms with E-state index in [4.69, 9.17) is 5.11 Å². The fourth-order valence-electron chi connectivity index (χ4n) is 0.983. The van der Waals surface area contributed by atoms with Crippen LogP contribution in [-0.2, 0) is 0 Å². The van der Waals surface area contributed by atoms with Crippen molar-refractivity contribution in [3.05, 3.63) is 0 Å². The van der Waals surface area contributed by atoms with E-state index < -0.39 is 0 Å². The normalized spacial score (nSPS) is 33.0. The maximum absolute atomic E-state index is 9.03. The number of hydrogen-bond acceptors (Lipinski definition) is 2. The molecule has 0 aromatic rings. The number of aliphatic hydroxyl groups excluding tert-OH is 1. The lowest BCUT2D eigenvalue weighted by molar-refractivity contribution is 0.190. The van der Waals surface area contributed by atoms with E-state index in [1.165, 1.54) is 18.6 Å². The molecule has 2 heteroatoms. The zero-order chi connectivity index (χ0) is 5.98. The molecule has 1 heterocycles. The summed E-state index contributed by atoms with van der Waals surface area (Å²) in [7, 11) is 0. The highest BCUT2D eigenvalue weighted by Gasteiger charge is 2.19. The Bertz CT molecular complexity index is 66.9. The third-order valence-electron chi connectivity index (χ3n) is 1.50. The van der Waals surface area contributed by atoms with E-state index in [1.54, 1.807) is 0 Å². The smallest absolute Gasteiger partial charge is 0.0630 e. The first-order valence-corrected chi connectivity index (χ1v) is 4.15. The van der Waals surface area contributed by atoms with Crippen LogP contribution in [0.3, 0.4) is 0 Å². The Morgan fingerprint density at radius 1 is 1.75 bits per heavy atom. The minimum absolute atomic E-state index is 0.0949. The summed E-state index contributed by atoms with van der Waals surface area (Å²) in [5.74, 6) is 1.25. The lowest BCUT2D eigenvalue weighted by atomic mass is 10.2. The van der Waals surface area contributed by atoms with Crippen LogP contribution >= 0.6 is 11.8 Å². The predicted molar refractivity (Wildman–Crippen MR) is 37.2 cm³/mol. The zero-order valence-electron chi connectivity index (χ0n) is 5.13. The number of rotatable bonds is 1.